The Kier molecular flexibility index (Phi) is 2.22. The molecule has 0 spiro atoms. The van der Waals surface area contributed by atoms with Crippen molar-refractivity contribution in [2.75, 3.05) is 0 Å². The molecule has 0 saturated carbocycles. The number of rotatable bonds is 2. The van der Waals surface area contributed by atoms with Gasteiger partial charge >= 0.3 is 12.0 Å². The fourth-order valence-corrected chi connectivity index (χ4v) is 0.763. The predicted molar refractivity (Wildman–Crippen MR) is 39.0 cm³/mol. The molecular formula is C7H5F3N2O. The second-order valence-corrected chi connectivity index (χ2v) is 2.17. The first-order valence-corrected chi connectivity index (χ1v) is 3.23. The lowest BCUT2D eigenvalue weighted by Gasteiger charge is -2.04. The van der Waals surface area contributed by atoms with Gasteiger partial charge in [-0.1, -0.05) is 6.58 Å². The number of hydrogen-bond donors (Lipinski definition) is 0. The molecule has 1 aromatic heterocycles. The van der Waals surface area contributed by atoms with E-state index in [1.165, 1.54) is 6.20 Å². The number of Topliss-reactive ketones (excluding diaryl/α,β-unsaturated/α-hetero) is 1. The second kappa shape index (κ2) is 3.04. The molecule has 0 aliphatic heterocycles. The van der Waals surface area contributed by atoms with E-state index < -0.39 is 17.8 Å². The van der Waals surface area contributed by atoms with E-state index in [2.05, 4.69) is 11.6 Å². The average molecular weight is 190 g/mol. The molecule has 0 aliphatic carbocycles. The lowest BCUT2D eigenvalue weighted by Crippen LogP contribution is -2.25. The topological polar surface area (TPSA) is 34.9 Å². The molecule has 0 radical (unpaired) electrons. The highest BCUT2D eigenvalue weighted by molar-refractivity contribution is 5.97. The maximum absolute atomic E-state index is 11.9. The highest BCUT2D eigenvalue weighted by atomic mass is 19.4. The van der Waals surface area contributed by atoms with E-state index in [4.69, 9.17) is 0 Å². The van der Waals surface area contributed by atoms with Crippen LogP contribution in [0, 0.1) is 0 Å². The van der Waals surface area contributed by atoms with Crippen molar-refractivity contribution in [2.45, 2.75) is 6.18 Å². The van der Waals surface area contributed by atoms with Gasteiger partial charge in [0.25, 0.3) is 0 Å². The van der Waals surface area contributed by atoms with Crippen LogP contribution >= 0.6 is 0 Å². The Morgan fingerprint density at radius 1 is 1.62 bits per heavy atom. The van der Waals surface area contributed by atoms with Gasteiger partial charge in [-0.2, -0.15) is 13.2 Å². The maximum atomic E-state index is 11.9. The first-order valence-electron chi connectivity index (χ1n) is 3.23. The molecule has 70 valence electrons. The summed E-state index contributed by atoms with van der Waals surface area (Å²) in [6.45, 7) is 3.23. The zero-order valence-corrected chi connectivity index (χ0v) is 6.38. The van der Waals surface area contributed by atoms with Gasteiger partial charge in [-0.05, 0) is 0 Å². The molecule has 0 atom stereocenters. The lowest BCUT2D eigenvalue weighted by molar-refractivity contribution is -0.0892. The molecule has 0 saturated heterocycles. The minimum absolute atomic E-state index is 0.678. The Bertz CT molecular complexity index is 340. The molecule has 0 unspecified atom stereocenters. The molecule has 6 heteroatoms. The van der Waals surface area contributed by atoms with Crippen molar-refractivity contribution in [1.82, 2.24) is 9.55 Å². The van der Waals surface area contributed by atoms with Gasteiger partial charge in [0.15, 0.2) is 5.82 Å². The van der Waals surface area contributed by atoms with Crippen molar-refractivity contribution >= 4 is 12.0 Å². The van der Waals surface area contributed by atoms with Crippen molar-refractivity contribution in [3.63, 3.8) is 0 Å². The monoisotopic (exact) mass is 190 g/mol. The summed E-state index contributed by atoms with van der Waals surface area (Å²) in [6.07, 6.45) is -1.51. The normalized spacial score (nSPS) is 11.3. The van der Waals surface area contributed by atoms with Gasteiger partial charge in [-0.25, -0.2) is 4.98 Å². The van der Waals surface area contributed by atoms with Crippen LogP contribution < -0.4 is 0 Å². The summed E-state index contributed by atoms with van der Waals surface area (Å²) in [5, 5.41) is 0. The Morgan fingerprint density at radius 3 is 2.69 bits per heavy atom. The number of nitrogens with zero attached hydrogens (tertiary/aromatic N) is 2. The molecule has 1 aromatic rings. The van der Waals surface area contributed by atoms with Gasteiger partial charge in [0, 0.05) is 18.6 Å². The fourth-order valence-electron chi connectivity index (χ4n) is 0.763. The smallest absolute Gasteiger partial charge is 0.304 e. The van der Waals surface area contributed by atoms with Gasteiger partial charge in [0.1, 0.15) is 0 Å². The molecular weight excluding hydrogens is 185 g/mol. The van der Waals surface area contributed by atoms with E-state index in [0.29, 0.717) is 0 Å². The molecule has 0 aromatic carbocycles. The molecule has 1 rings (SSSR count). The highest BCUT2D eigenvalue weighted by Crippen LogP contribution is 2.20. The second-order valence-electron chi connectivity index (χ2n) is 2.17. The van der Waals surface area contributed by atoms with Crippen LogP contribution in [0.25, 0.3) is 6.20 Å². The summed E-state index contributed by atoms with van der Waals surface area (Å²) in [6, 6.07) is 0. The van der Waals surface area contributed by atoms with Crippen LogP contribution in [0.15, 0.2) is 19.0 Å². The highest BCUT2D eigenvalue weighted by Gasteiger charge is 2.41. The van der Waals surface area contributed by atoms with E-state index in [9.17, 15) is 18.0 Å². The van der Waals surface area contributed by atoms with Gasteiger partial charge < -0.3 is 4.57 Å². The van der Waals surface area contributed by atoms with Crippen LogP contribution in [0.4, 0.5) is 13.2 Å². The van der Waals surface area contributed by atoms with Crippen LogP contribution in [0.1, 0.15) is 10.6 Å². The van der Waals surface area contributed by atoms with Crippen molar-refractivity contribution in [3.8, 4) is 0 Å². The Morgan fingerprint density at radius 2 is 2.23 bits per heavy atom. The molecule has 0 fully saturated rings. The number of hydrogen-bond acceptors (Lipinski definition) is 2. The van der Waals surface area contributed by atoms with Gasteiger partial charge in [0.2, 0.25) is 0 Å². The maximum Gasteiger partial charge on any atom is 0.458 e. The number of alkyl halides is 3. The largest absolute Gasteiger partial charge is 0.458 e. The molecule has 0 N–H and O–H groups in total. The van der Waals surface area contributed by atoms with Crippen LogP contribution in [0.5, 0.6) is 0 Å². The zero-order chi connectivity index (χ0) is 10.1. The van der Waals surface area contributed by atoms with Gasteiger partial charge in [-0.15, -0.1) is 0 Å². The van der Waals surface area contributed by atoms with Crippen LogP contribution in [-0.4, -0.2) is 21.5 Å². The van der Waals surface area contributed by atoms with Gasteiger partial charge in [-0.3, -0.25) is 4.79 Å². The van der Waals surface area contributed by atoms with Crippen LogP contribution in [-0.2, 0) is 0 Å². The van der Waals surface area contributed by atoms with E-state index in [-0.39, 0.29) is 0 Å². The Hall–Kier alpha value is -1.59. The summed E-state index contributed by atoms with van der Waals surface area (Å²) < 4.78 is 36.6. The van der Waals surface area contributed by atoms with Gasteiger partial charge in [0.05, 0.1) is 0 Å². The fraction of sp³-hybridized carbons (Fsp3) is 0.143. The molecule has 0 aliphatic rings. The predicted octanol–water partition coefficient (Wildman–Crippen LogP) is 1.73. The molecule has 3 nitrogen and oxygen atoms in total. The lowest BCUT2D eigenvalue weighted by atomic mass is 10.3. The number of carbonyl (C=O) groups is 1. The third-order valence-electron chi connectivity index (χ3n) is 1.33. The van der Waals surface area contributed by atoms with Crippen LogP contribution in [0.2, 0.25) is 0 Å². The van der Waals surface area contributed by atoms with Crippen LogP contribution in [0.3, 0.4) is 0 Å². The number of imidazole rings is 1. The molecule has 1 heterocycles. The third kappa shape index (κ3) is 1.77. The SMILES string of the molecule is C=Cn1ccnc1C(=O)C(F)(F)F. The zero-order valence-electron chi connectivity index (χ0n) is 6.38. The number of aromatic nitrogens is 2. The minimum Gasteiger partial charge on any atom is -0.304 e. The molecule has 0 bridgehead atoms. The number of halogens is 3. The molecule has 13 heavy (non-hydrogen) atoms. The Labute approximate surface area is 71.5 Å². The summed E-state index contributed by atoms with van der Waals surface area (Å²) in [7, 11) is 0. The summed E-state index contributed by atoms with van der Waals surface area (Å²) in [5.41, 5.74) is 0. The quantitative estimate of drug-likeness (QED) is 0.665. The van der Waals surface area contributed by atoms with Crippen molar-refractivity contribution in [2.24, 2.45) is 0 Å². The third-order valence-corrected chi connectivity index (χ3v) is 1.33. The Balaban J connectivity index is 3.09. The van der Waals surface area contributed by atoms with E-state index in [1.807, 2.05) is 0 Å². The summed E-state index contributed by atoms with van der Waals surface area (Å²) >= 11 is 0. The summed E-state index contributed by atoms with van der Waals surface area (Å²) in [5.74, 6) is -2.65. The number of carbonyl (C=O) groups excluding carboxylic acids is 1. The van der Waals surface area contributed by atoms with E-state index in [0.717, 1.165) is 17.0 Å². The van der Waals surface area contributed by atoms with E-state index >= 15 is 0 Å². The summed E-state index contributed by atoms with van der Waals surface area (Å²) in [4.78, 5) is 13.9. The van der Waals surface area contributed by atoms with Crippen molar-refractivity contribution < 1.29 is 18.0 Å². The minimum atomic E-state index is -4.90. The molecule has 0 amide bonds. The average Bonchev–Trinajstić information content (AvgIpc) is 2.48. The first-order chi connectivity index (χ1) is 5.96. The van der Waals surface area contributed by atoms with E-state index in [1.54, 1.807) is 0 Å². The van der Waals surface area contributed by atoms with Crippen molar-refractivity contribution in [1.29, 1.82) is 0 Å². The standard InChI is InChI=1S/C7H5F3N2O/c1-2-12-4-3-11-6(12)5(13)7(8,9)10/h2-4H,1H2. The first kappa shape index (κ1) is 9.50. The number of ketones is 1. The van der Waals surface area contributed by atoms with Crippen molar-refractivity contribution in [3.05, 3.63) is 24.8 Å².